The minimum Gasteiger partial charge on any atom is -0.504 e. The van der Waals surface area contributed by atoms with Gasteiger partial charge < -0.3 is 19.7 Å². The number of aliphatic hydroxyl groups excluding tert-OH is 1. The Morgan fingerprint density at radius 1 is 1.23 bits per heavy atom. The Bertz CT molecular complexity index is 701. The summed E-state index contributed by atoms with van der Waals surface area (Å²) in [5.74, 6) is 1.16. The van der Waals surface area contributed by atoms with E-state index in [1.807, 2.05) is 6.07 Å². The van der Waals surface area contributed by atoms with Crippen molar-refractivity contribution in [2.24, 2.45) is 5.92 Å². The molecular weight excluding hydrogens is 380 g/mol. The van der Waals surface area contributed by atoms with Gasteiger partial charge in [-0.25, -0.2) is 0 Å². The van der Waals surface area contributed by atoms with Crippen LogP contribution in [-0.4, -0.2) is 34.5 Å². The molecular formula is C25H38O5. The summed E-state index contributed by atoms with van der Waals surface area (Å²) >= 11 is 0. The smallest absolute Gasteiger partial charge is 0.302 e. The van der Waals surface area contributed by atoms with Crippen LogP contribution in [0.4, 0.5) is 0 Å². The number of carbonyl (C=O) groups is 1. The number of ether oxygens (including phenoxy) is 2. The first-order chi connectivity index (χ1) is 14.5. The predicted molar refractivity (Wildman–Crippen MR) is 117 cm³/mol. The molecule has 0 saturated heterocycles. The molecule has 1 aromatic rings. The molecule has 0 aromatic heterocycles. The quantitative estimate of drug-likeness (QED) is 0.409. The van der Waals surface area contributed by atoms with Crippen molar-refractivity contribution in [2.75, 3.05) is 0 Å². The highest BCUT2D eigenvalue weighted by Crippen LogP contribution is 2.43. The molecule has 0 spiro atoms. The van der Waals surface area contributed by atoms with Gasteiger partial charge in [0.05, 0.1) is 6.10 Å². The summed E-state index contributed by atoms with van der Waals surface area (Å²) in [7, 11) is 0. The maximum Gasteiger partial charge on any atom is 0.302 e. The Balaban J connectivity index is 1.66. The van der Waals surface area contributed by atoms with E-state index >= 15 is 0 Å². The molecule has 0 radical (unpaired) electrons. The van der Waals surface area contributed by atoms with Crippen LogP contribution in [0.2, 0.25) is 0 Å². The fourth-order valence-corrected chi connectivity index (χ4v) is 5.09. The normalized spacial score (nSPS) is 22.4. The zero-order chi connectivity index (χ0) is 21.5. The average molecular weight is 419 g/mol. The fraction of sp³-hybridized carbons (Fsp3) is 0.720. The number of aryl methyl sites for hydroxylation is 1. The van der Waals surface area contributed by atoms with E-state index in [2.05, 4.69) is 6.92 Å². The van der Waals surface area contributed by atoms with Gasteiger partial charge in [-0.2, -0.15) is 0 Å². The summed E-state index contributed by atoms with van der Waals surface area (Å²) in [5.41, 5.74) is 2.26. The maximum atomic E-state index is 11.6. The van der Waals surface area contributed by atoms with Crippen LogP contribution in [0.25, 0.3) is 0 Å². The fourth-order valence-electron chi connectivity index (χ4n) is 5.09. The molecule has 1 heterocycles. The summed E-state index contributed by atoms with van der Waals surface area (Å²) in [6.45, 7) is 3.57. The molecule has 1 aliphatic carbocycles. The minimum atomic E-state index is -0.444. The van der Waals surface area contributed by atoms with E-state index in [0.717, 1.165) is 62.5 Å². The second kappa shape index (κ2) is 11.0. The second-order valence-corrected chi connectivity index (χ2v) is 9.09. The Morgan fingerprint density at radius 3 is 2.83 bits per heavy atom. The van der Waals surface area contributed by atoms with Crippen molar-refractivity contribution >= 4 is 5.97 Å². The standard InChI is InChI=1S/C25H38O5/c1-3-4-5-8-20(27)16-21(29-17(2)26)13-10-18-12-15-23(28)25-22(18)14-11-19-7-6-9-24(19)30-25/h12,15,19-21,24,27-28H,3-11,13-14,16H2,1-2H3/t19-,20-,21+,24-/m0/s1. The van der Waals surface area contributed by atoms with Crippen LogP contribution in [0.1, 0.15) is 89.2 Å². The van der Waals surface area contributed by atoms with Gasteiger partial charge in [0.15, 0.2) is 11.5 Å². The van der Waals surface area contributed by atoms with Gasteiger partial charge in [0.2, 0.25) is 0 Å². The zero-order valence-electron chi connectivity index (χ0n) is 18.6. The molecule has 1 fully saturated rings. The van der Waals surface area contributed by atoms with E-state index in [1.165, 1.54) is 19.8 Å². The molecule has 30 heavy (non-hydrogen) atoms. The lowest BCUT2D eigenvalue weighted by molar-refractivity contribution is -0.148. The molecule has 0 bridgehead atoms. The van der Waals surface area contributed by atoms with Gasteiger partial charge in [-0.1, -0.05) is 32.3 Å². The number of esters is 1. The topological polar surface area (TPSA) is 76.0 Å². The van der Waals surface area contributed by atoms with Crippen molar-refractivity contribution in [3.05, 3.63) is 23.3 Å². The molecule has 2 aliphatic rings. The summed E-state index contributed by atoms with van der Waals surface area (Å²) < 4.78 is 11.8. The second-order valence-electron chi connectivity index (χ2n) is 9.09. The first-order valence-electron chi connectivity index (χ1n) is 11.8. The van der Waals surface area contributed by atoms with Crippen molar-refractivity contribution in [3.8, 4) is 11.5 Å². The highest BCUT2D eigenvalue weighted by molar-refractivity contribution is 5.66. The van der Waals surface area contributed by atoms with Crippen LogP contribution < -0.4 is 4.74 Å². The predicted octanol–water partition coefficient (Wildman–Crippen LogP) is 5.08. The lowest BCUT2D eigenvalue weighted by atomic mass is 9.92. The number of hydrogen-bond donors (Lipinski definition) is 2. The number of carbonyl (C=O) groups excluding carboxylic acids is 1. The van der Waals surface area contributed by atoms with Gasteiger partial charge in [0.25, 0.3) is 0 Å². The molecule has 1 aliphatic heterocycles. The van der Waals surface area contributed by atoms with Gasteiger partial charge in [-0.15, -0.1) is 0 Å². The van der Waals surface area contributed by atoms with Crippen molar-refractivity contribution in [2.45, 2.75) is 109 Å². The first-order valence-corrected chi connectivity index (χ1v) is 11.8. The van der Waals surface area contributed by atoms with E-state index in [4.69, 9.17) is 9.47 Å². The van der Waals surface area contributed by atoms with Crippen LogP contribution in [0.15, 0.2) is 12.1 Å². The van der Waals surface area contributed by atoms with Crippen molar-refractivity contribution in [1.29, 1.82) is 0 Å². The number of aliphatic hydroxyl groups is 1. The number of phenols is 1. The molecule has 0 unspecified atom stereocenters. The molecule has 0 amide bonds. The SMILES string of the molecule is CCCCC[C@H](O)C[C@@H](CCc1ccc(O)c2c1CC[C@@H]1CCC[C@@H]1O2)OC(C)=O. The highest BCUT2D eigenvalue weighted by atomic mass is 16.5. The van der Waals surface area contributed by atoms with Gasteiger partial charge >= 0.3 is 5.97 Å². The highest BCUT2D eigenvalue weighted by Gasteiger charge is 2.33. The Morgan fingerprint density at radius 2 is 2.07 bits per heavy atom. The molecule has 2 N–H and O–H groups in total. The molecule has 1 aromatic carbocycles. The summed E-state index contributed by atoms with van der Waals surface area (Å²) in [5, 5.41) is 20.8. The average Bonchev–Trinajstić information content (AvgIpc) is 3.06. The minimum absolute atomic E-state index is 0.222. The van der Waals surface area contributed by atoms with E-state index in [-0.39, 0.29) is 23.9 Å². The Kier molecular flexibility index (Phi) is 8.43. The lowest BCUT2D eigenvalue weighted by Crippen LogP contribution is -2.24. The van der Waals surface area contributed by atoms with Gasteiger partial charge in [0.1, 0.15) is 12.2 Å². The number of unbranched alkanes of at least 4 members (excludes halogenated alkanes) is 2. The van der Waals surface area contributed by atoms with Crippen LogP contribution in [0, 0.1) is 5.92 Å². The maximum absolute atomic E-state index is 11.6. The third-order valence-corrected chi connectivity index (χ3v) is 6.70. The molecule has 5 heteroatoms. The van der Waals surface area contributed by atoms with Crippen molar-refractivity contribution in [1.82, 2.24) is 0 Å². The Hall–Kier alpha value is -1.75. The number of rotatable bonds is 10. The van der Waals surface area contributed by atoms with Gasteiger partial charge in [-0.05, 0) is 68.9 Å². The van der Waals surface area contributed by atoms with Crippen LogP contribution in [0.5, 0.6) is 11.5 Å². The number of hydrogen-bond acceptors (Lipinski definition) is 5. The lowest BCUT2D eigenvalue weighted by Gasteiger charge is -2.22. The zero-order valence-corrected chi connectivity index (χ0v) is 18.6. The van der Waals surface area contributed by atoms with Crippen LogP contribution >= 0.6 is 0 Å². The molecule has 4 atom stereocenters. The monoisotopic (exact) mass is 418 g/mol. The third kappa shape index (κ3) is 6.13. The van der Waals surface area contributed by atoms with Gasteiger partial charge in [0, 0.05) is 18.9 Å². The summed E-state index contributed by atoms with van der Waals surface area (Å²) in [6.07, 6.45) is 10.8. The summed E-state index contributed by atoms with van der Waals surface area (Å²) in [4.78, 5) is 11.6. The molecule has 3 rings (SSSR count). The van der Waals surface area contributed by atoms with E-state index < -0.39 is 6.10 Å². The summed E-state index contributed by atoms with van der Waals surface area (Å²) in [6, 6.07) is 3.70. The number of phenolic OH excluding ortho intramolecular Hbond substituents is 1. The largest absolute Gasteiger partial charge is 0.504 e. The van der Waals surface area contributed by atoms with Crippen LogP contribution in [-0.2, 0) is 22.4 Å². The van der Waals surface area contributed by atoms with Gasteiger partial charge in [-0.3, -0.25) is 4.79 Å². The molecule has 5 nitrogen and oxygen atoms in total. The number of benzene rings is 1. The molecule has 168 valence electrons. The van der Waals surface area contributed by atoms with Crippen molar-refractivity contribution in [3.63, 3.8) is 0 Å². The molecule has 1 saturated carbocycles. The first kappa shape index (κ1) is 22.9. The third-order valence-electron chi connectivity index (χ3n) is 6.70. The van der Waals surface area contributed by atoms with E-state index in [9.17, 15) is 15.0 Å². The van der Waals surface area contributed by atoms with Crippen molar-refractivity contribution < 1.29 is 24.5 Å². The van der Waals surface area contributed by atoms with Crippen LogP contribution in [0.3, 0.4) is 0 Å². The Labute approximate surface area is 180 Å². The van der Waals surface area contributed by atoms with E-state index in [1.54, 1.807) is 6.07 Å². The van der Waals surface area contributed by atoms with E-state index in [0.29, 0.717) is 24.5 Å². The number of aromatic hydroxyl groups is 1. The number of fused-ring (bicyclic) bond motifs is 2.